The van der Waals surface area contributed by atoms with Crippen molar-refractivity contribution >= 4 is 10.8 Å². The summed E-state index contributed by atoms with van der Waals surface area (Å²) in [6.07, 6.45) is 0.770. The minimum absolute atomic E-state index is 0.0361. The van der Waals surface area contributed by atoms with Gasteiger partial charge in [0.05, 0.1) is 16.0 Å². The summed E-state index contributed by atoms with van der Waals surface area (Å²) in [7, 11) is -1.07. The van der Waals surface area contributed by atoms with Crippen LogP contribution in [0, 0.1) is 0 Å². The van der Waals surface area contributed by atoms with E-state index >= 15 is 0 Å². The van der Waals surface area contributed by atoms with E-state index in [0.717, 1.165) is 16.9 Å². The number of benzene rings is 3. The molecule has 3 aromatic rings. The molecule has 0 bridgehead atoms. The number of hydrogen-bond donors (Lipinski definition) is 0. The first-order valence-electron chi connectivity index (χ1n) is 7.39. The van der Waals surface area contributed by atoms with Gasteiger partial charge in [-0.1, -0.05) is 78.9 Å². The van der Waals surface area contributed by atoms with Crippen LogP contribution in [0.3, 0.4) is 0 Å². The van der Waals surface area contributed by atoms with Crippen LogP contribution < -0.4 is 0 Å². The molecule has 2 atom stereocenters. The van der Waals surface area contributed by atoms with E-state index in [1.165, 1.54) is 5.56 Å². The molecule has 0 aromatic heterocycles. The first-order valence-corrected chi connectivity index (χ1v) is 8.60. The third-order valence-corrected chi connectivity index (χ3v) is 5.36. The van der Waals surface area contributed by atoms with E-state index in [9.17, 15) is 4.21 Å². The molecule has 0 heterocycles. The average Bonchev–Trinajstić information content (AvgIpc) is 2.61. The van der Waals surface area contributed by atoms with Crippen molar-refractivity contribution in [2.45, 2.75) is 16.6 Å². The smallest absolute Gasteiger partial charge is 0.0684 e. The predicted molar refractivity (Wildman–Crippen MR) is 92.2 cm³/mol. The second-order valence-corrected chi connectivity index (χ2v) is 6.83. The first-order chi connectivity index (χ1) is 10.8. The van der Waals surface area contributed by atoms with Crippen molar-refractivity contribution in [1.82, 2.24) is 0 Å². The fraction of sp³-hybridized carbons (Fsp3) is 0.100. The molecule has 3 aromatic carbocycles. The highest BCUT2D eigenvalue weighted by molar-refractivity contribution is 7.85. The molecule has 110 valence electrons. The highest BCUT2D eigenvalue weighted by atomic mass is 32.2. The summed E-state index contributed by atoms with van der Waals surface area (Å²) in [6, 6.07) is 30.1. The topological polar surface area (TPSA) is 17.1 Å². The van der Waals surface area contributed by atoms with Crippen molar-refractivity contribution in [3.63, 3.8) is 0 Å². The van der Waals surface area contributed by atoms with Crippen molar-refractivity contribution < 1.29 is 4.21 Å². The summed E-state index contributed by atoms with van der Waals surface area (Å²) in [5, 5.41) is -0.0361. The van der Waals surface area contributed by atoms with Crippen LogP contribution in [-0.2, 0) is 17.2 Å². The molecular formula is C20H18OS. The lowest BCUT2D eigenvalue weighted by molar-refractivity contribution is 0.670. The summed E-state index contributed by atoms with van der Waals surface area (Å²) in [5.74, 6) is 0. The monoisotopic (exact) mass is 306 g/mol. The van der Waals surface area contributed by atoms with E-state index in [-0.39, 0.29) is 5.25 Å². The van der Waals surface area contributed by atoms with Crippen LogP contribution >= 0.6 is 0 Å². The van der Waals surface area contributed by atoms with Gasteiger partial charge in [-0.2, -0.15) is 0 Å². The van der Waals surface area contributed by atoms with Gasteiger partial charge in [0.15, 0.2) is 0 Å². The molecule has 1 nitrogen and oxygen atoms in total. The van der Waals surface area contributed by atoms with Gasteiger partial charge in [0.2, 0.25) is 0 Å². The second kappa shape index (κ2) is 7.19. The zero-order valence-corrected chi connectivity index (χ0v) is 13.1. The summed E-state index contributed by atoms with van der Waals surface area (Å²) in [6.45, 7) is 0. The lowest BCUT2D eigenvalue weighted by Crippen LogP contribution is -2.10. The summed E-state index contributed by atoms with van der Waals surface area (Å²) < 4.78 is 13.1. The van der Waals surface area contributed by atoms with Gasteiger partial charge in [-0.15, -0.1) is 0 Å². The Kier molecular flexibility index (Phi) is 4.81. The minimum atomic E-state index is -1.07. The predicted octanol–water partition coefficient (Wildman–Crippen LogP) is 4.78. The van der Waals surface area contributed by atoms with Gasteiger partial charge in [-0.05, 0) is 29.7 Å². The van der Waals surface area contributed by atoms with Crippen molar-refractivity contribution in [2.75, 3.05) is 0 Å². The number of rotatable bonds is 5. The Hall–Kier alpha value is -2.19. The lowest BCUT2D eigenvalue weighted by atomic mass is 10.0. The van der Waals surface area contributed by atoms with Crippen molar-refractivity contribution in [1.29, 1.82) is 0 Å². The van der Waals surface area contributed by atoms with E-state index in [4.69, 9.17) is 0 Å². The van der Waals surface area contributed by atoms with Crippen LogP contribution in [0.15, 0.2) is 95.9 Å². The molecule has 0 aliphatic carbocycles. The van der Waals surface area contributed by atoms with Crippen LogP contribution in [0.4, 0.5) is 0 Å². The highest BCUT2D eigenvalue weighted by Gasteiger charge is 2.20. The zero-order chi connectivity index (χ0) is 15.2. The highest BCUT2D eigenvalue weighted by Crippen LogP contribution is 2.28. The Morgan fingerprint density at radius 2 is 1.18 bits per heavy atom. The van der Waals surface area contributed by atoms with Gasteiger partial charge in [-0.25, -0.2) is 0 Å². The van der Waals surface area contributed by atoms with E-state index in [2.05, 4.69) is 24.3 Å². The van der Waals surface area contributed by atoms with E-state index in [1.54, 1.807) is 0 Å². The van der Waals surface area contributed by atoms with Gasteiger partial charge < -0.3 is 0 Å². The Balaban J connectivity index is 1.95. The quantitative estimate of drug-likeness (QED) is 0.663. The third kappa shape index (κ3) is 3.52. The lowest BCUT2D eigenvalue weighted by Gasteiger charge is -2.17. The van der Waals surface area contributed by atoms with Crippen molar-refractivity contribution in [2.24, 2.45) is 0 Å². The summed E-state index contributed by atoms with van der Waals surface area (Å²) in [5.41, 5.74) is 2.33. The molecule has 0 spiro atoms. The Bertz CT molecular complexity index is 723. The second-order valence-electron chi connectivity index (χ2n) is 5.20. The van der Waals surface area contributed by atoms with Crippen LogP contribution in [0.1, 0.15) is 16.4 Å². The van der Waals surface area contributed by atoms with Crippen LogP contribution in [-0.4, -0.2) is 4.21 Å². The van der Waals surface area contributed by atoms with E-state index in [0.29, 0.717) is 0 Å². The normalized spacial score (nSPS) is 13.5. The van der Waals surface area contributed by atoms with Crippen LogP contribution in [0.5, 0.6) is 0 Å². The van der Waals surface area contributed by atoms with Gasteiger partial charge in [0.1, 0.15) is 0 Å². The molecule has 0 saturated carbocycles. The number of hydrogen-bond acceptors (Lipinski definition) is 1. The van der Waals surface area contributed by atoms with Crippen LogP contribution in [0.2, 0.25) is 0 Å². The molecule has 3 rings (SSSR count). The maximum Gasteiger partial charge on any atom is 0.0684 e. The zero-order valence-electron chi connectivity index (χ0n) is 12.3. The average molecular weight is 306 g/mol. The minimum Gasteiger partial charge on any atom is -0.254 e. The van der Waals surface area contributed by atoms with Crippen molar-refractivity contribution in [3.8, 4) is 0 Å². The molecule has 0 N–H and O–H groups in total. The molecule has 0 saturated heterocycles. The maximum atomic E-state index is 13.1. The van der Waals surface area contributed by atoms with E-state index in [1.807, 2.05) is 66.7 Å². The molecule has 22 heavy (non-hydrogen) atoms. The third-order valence-electron chi connectivity index (χ3n) is 3.67. The first kappa shape index (κ1) is 14.7. The van der Waals surface area contributed by atoms with Gasteiger partial charge in [0, 0.05) is 4.90 Å². The largest absolute Gasteiger partial charge is 0.254 e. The molecule has 0 fully saturated rings. The molecule has 2 heteroatoms. The van der Waals surface area contributed by atoms with Gasteiger partial charge in [-0.3, -0.25) is 4.21 Å². The standard InChI is InChI=1S/C20H18OS/c21-22(19-14-8-3-9-15-19)20(18-12-6-2-7-13-18)16-17-10-4-1-5-11-17/h1-15,20H,16H2. The molecule has 0 aliphatic heterocycles. The van der Waals surface area contributed by atoms with Crippen LogP contribution in [0.25, 0.3) is 0 Å². The maximum absolute atomic E-state index is 13.1. The Labute approximate surface area is 134 Å². The summed E-state index contributed by atoms with van der Waals surface area (Å²) >= 11 is 0. The fourth-order valence-corrected chi connectivity index (χ4v) is 4.03. The molecule has 2 unspecified atom stereocenters. The molecule has 0 amide bonds. The summed E-state index contributed by atoms with van der Waals surface area (Å²) in [4.78, 5) is 0.882. The molecular weight excluding hydrogens is 288 g/mol. The SMILES string of the molecule is O=S(c1ccccc1)C(Cc1ccccc1)c1ccccc1. The Morgan fingerprint density at radius 1 is 0.682 bits per heavy atom. The van der Waals surface area contributed by atoms with E-state index < -0.39 is 10.8 Å². The molecule has 0 radical (unpaired) electrons. The fourth-order valence-electron chi connectivity index (χ4n) is 2.53. The molecule has 0 aliphatic rings. The van der Waals surface area contributed by atoms with Crippen molar-refractivity contribution in [3.05, 3.63) is 102 Å². The Morgan fingerprint density at radius 3 is 1.77 bits per heavy atom. The van der Waals surface area contributed by atoms with Gasteiger partial charge >= 0.3 is 0 Å². The van der Waals surface area contributed by atoms with Gasteiger partial charge in [0.25, 0.3) is 0 Å².